The van der Waals surface area contributed by atoms with Crippen LogP contribution in [-0.2, 0) is 18.4 Å². The molecule has 0 fully saturated rings. The summed E-state index contributed by atoms with van der Waals surface area (Å²) in [6.07, 6.45) is 95.9. The fraction of sp³-hybridized carbons (Fsp3) is 0.689. The molecule has 0 aromatic rings. The Balaban J connectivity index is 4.25. The maximum atomic E-state index is 13.0. The molecule has 0 rings (SSSR count). The second-order valence-corrected chi connectivity index (χ2v) is 25.3. The number of hydrogen-bond acceptors (Lipinski definition) is 5. The smallest absolute Gasteiger partial charge is 0.387 e. The third kappa shape index (κ3) is 66.0. The average Bonchev–Trinajstić information content (AvgIpc) is 3.49. The molecule has 0 saturated carbocycles. The van der Waals surface area contributed by atoms with Crippen molar-refractivity contribution in [1.29, 1.82) is 0 Å². The van der Waals surface area contributed by atoms with Crippen LogP contribution < -0.4 is 5.32 Å². The molecule has 0 aliphatic carbocycles. The maximum absolute atomic E-state index is 13.0. The molecular weight excluding hydrogens is 1040 g/mol. The minimum atomic E-state index is -4.38. The van der Waals surface area contributed by atoms with Gasteiger partial charge in [-0.3, -0.25) is 13.8 Å². The van der Waals surface area contributed by atoms with Gasteiger partial charge < -0.3 is 19.8 Å². The Kier molecular flexibility index (Phi) is 60.6. The first-order chi connectivity index (χ1) is 40.5. The van der Waals surface area contributed by atoms with Crippen LogP contribution in [0.1, 0.15) is 277 Å². The molecule has 83 heavy (non-hydrogen) atoms. The van der Waals surface area contributed by atoms with Crippen molar-refractivity contribution < 1.29 is 32.9 Å². The lowest BCUT2D eigenvalue weighted by Gasteiger charge is -2.25. The van der Waals surface area contributed by atoms with E-state index < -0.39 is 20.0 Å². The molecule has 0 radical (unpaired) electrons. The number of aliphatic hydroxyl groups is 1. The summed E-state index contributed by atoms with van der Waals surface area (Å²) in [6, 6.07) is -0.890. The Morgan fingerprint density at radius 3 is 1.11 bits per heavy atom. The maximum Gasteiger partial charge on any atom is 0.472 e. The predicted octanol–water partition coefficient (Wildman–Crippen LogP) is 21.8. The average molecular weight is 1170 g/mol. The van der Waals surface area contributed by atoms with Gasteiger partial charge in [-0.05, 0) is 109 Å². The number of aliphatic hydroxyl groups excluding tert-OH is 1. The van der Waals surface area contributed by atoms with Crippen LogP contribution in [0.15, 0.2) is 134 Å². The lowest BCUT2D eigenvalue weighted by atomic mass is 10.0. The highest BCUT2D eigenvalue weighted by molar-refractivity contribution is 7.47. The van der Waals surface area contributed by atoms with Crippen LogP contribution in [-0.4, -0.2) is 73.4 Å². The molecule has 0 saturated heterocycles. The summed E-state index contributed by atoms with van der Waals surface area (Å²) in [6.45, 7) is 4.67. The zero-order valence-electron chi connectivity index (χ0n) is 54.4. The lowest BCUT2D eigenvalue weighted by Crippen LogP contribution is -2.45. The molecular formula is C74H130N2O6P+. The van der Waals surface area contributed by atoms with Crippen molar-refractivity contribution in [2.45, 2.75) is 289 Å². The van der Waals surface area contributed by atoms with Gasteiger partial charge >= 0.3 is 7.82 Å². The van der Waals surface area contributed by atoms with Crippen molar-refractivity contribution in [3.63, 3.8) is 0 Å². The number of quaternary nitrogens is 1. The number of phosphoric ester groups is 1. The van der Waals surface area contributed by atoms with E-state index in [4.69, 9.17) is 9.05 Å². The molecule has 3 atom stereocenters. The Labute approximate surface area is 513 Å². The highest BCUT2D eigenvalue weighted by Crippen LogP contribution is 2.43. The van der Waals surface area contributed by atoms with Crippen molar-refractivity contribution in [3.05, 3.63) is 134 Å². The summed E-state index contributed by atoms with van der Waals surface area (Å²) in [5, 5.41) is 14.0. The molecule has 0 bridgehead atoms. The van der Waals surface area contributed by atoms with Crippen molar-refractivity contribution in [1.82, 2.24) is 5.32 Å². The first-order valence-corrected chi connectivity index (χ1v) is 35.6. The van der Waals surface area contributed by atoms with E-state index in [0.717, 1.165) is 122 Å². The third-order valence-corrected chi connectivity index (χ3v) is 15.6. The van der Waals surface area contributed by atoms with E-state index in [9.17, 15) is 19.4 Å². The molecule has 0 spiro atoms. The number of unbranched alkanes of at least 4 members (excludes halogenated alkanes) is 28. The number of likely N-dealkylation sites (N-methyl/N-ethyl adjacent to an activating group) is 1. The summed E-state index contributed by atoms with van der Waals surface area (Å²) in [5.74, 6) is -0.209. The second kappa shape index (κ2) is 63.2. The standard InChI is InChI=1S/C74H129N2O6P/c1-6-8-10-12-14-16-18-20-22-24-26-28-30-32-34-36-38-40-42-44-46-48-50-52-54-56-58-60-62-64-66-68-74(78)75-72(71-82-83(79,80)81-70-69-76(3,4)5)73(77)67-65-63-61-59-57-55-53-51-49-47-45-43-41-39-37-35-33-31-29-27-25-23-21-19-17-15-13-11-9-7-2/h8,10,14,16,20,22,26,28,32,34,38,40,44,46,49-52,57,59,65,67,72-73,77H,6-7,9,11-13,15,17-19,21,23-25,27,29-31,33,35-37,39,41-43,45,47-48,53-56,58,60-64,66,68-71H2,1-5H3,(H-,75,78,79,80)/p+1/b10-8-,16-14-,22-20-,28-26-,34-32-,40-38-,46-44-,51-49+,52-50-,59-57+,67-65+. The zero-order valence-corrected chi connectivity index (χ0v) is 55.3. The highest BCUT2D eigenvalue weighted by Gasteiger charge is 2.27. The van der Waals surface area contributed by atoms with Gasteiger partial charge in [-0.25, -0.2) is 4.57 Å². The first kappa shape index (κ1) is 79.6. The normalized spacial score (nSPS) is 14.5. The lowest BCUT2D eigenvalue weighted by molar-refractivity contribution is -0.870. The number of nitrogens with one attached hydrogen (secondary N) is 1. The zero-order chi connectivity index (χ0) is 60.5. The van der Waals surface area contributed by atoms with Gasteiger partial charge in [-0.2, -0.15) is 0 Å². The number of nitrogens with zero attached hydrogens (tertiary/aromatic N) is 1. The number of amides is 1. The molecule has 0 heterocycles. The molecule has 8 nitrogen and oxygen atoms in total. The van der Waals surface area contributed by atoms with Gasteiger partial charge in [0.2, 0.25) is 5.91 Å². The van der Waals surface area contributed by atoms with Crippen molar-refractivity contribution >= 4 is 13.7 Å². The number of hydrogen-bond donors (Lipinski definition) is 3. The molecule has 0 aromatic carbocycles. The topological polar surface area (TPSA) is 105 Å². The molecule has 1 amide bonds. The van der Waals surface area contributed by atoms with Crippen LogP contribution in [0.25, 0.3) is 0 Å². The van der Waals surface area contributed by atoms with Crippen molar-refractivity contribution in [2.24, 2.45) is 0 Å². The second-order valence-electron chi connectivity index (χ2n) is 23.8. The van der Waals surface area contributed by atoms with Crippen molar-refractivity contribution in [2.75, 3.05) is 40.9 Å². The highest BCUT2D eigenvalue weighted by atomic mass is 31.2. The van der Waals surface area contributed by atoms with Crippen LogP contribution in [0.5, 0.6) is 0 Å². The number of carbonyl (C=O) groups excluding carboxylic acids is 1. The minimum absolute atomic E-state index is 0.0430. The summed E-state index contributed by atoms with van der Waals surface area (Å²) >= 11 is 0. The van der Waals surface area contributed by atoms with Gasteiger partial charge in [-0.15, -0.1) is 0 Å². The van der Waals surface area contributed by atoms with Gasteiger partial charge in [0.05, 0.1) is 39.9 Å². The van der Waals surface area contributed by atoms with E-state index in [0.29, 0.717) is 17.4 Å². The van der Waals surface area contributed by atoms with E-state index in [1.54, 1.807) is 6.08 Å². The molecule has 0 aliphatic heterocycles. The van der Waals surface area contributed by atoms with Gasteiger partial charge in [0.25, 0.3) is 0 Å². The van der Waals surface area contributed by atoms with Crippen LogP contribution >= 0.6 is 7.82 Å². The fourth-order valence-corrected chi connectivity index (χ4v) is 10.1. The van der Waals surface area contributed by atoms with Crippen LogP contribution in [0.4, 0.5) is 0 Å². The van der Waals surface area contributed by atoms with Gasteiger partial charge in [-0.1, -0.05) is 295 Å². The van der Waals surface area contributed by atoms with Gasteiger partial charge in [0.1, 0.15) is 13.2 Å². The monoisotopic (exact) mass is 1170 g/mol. The molecule has 9 heteroatoms. The fourth-order valence-electron chi connectivity index (χ4n) is 9.33. The Hall–Kier alpha value is -3.36. The molecule has 476 valence electrons. The van der Waals surface area contributed by atoms with Crippen LogP contribution in [0.3, 0.4) is 0 Å². The van der Waals surface area contributed by atoms with Crippen LogP contribution in [0, 0.1) is 0 Å². The van der Waals surface area contributed by atoms with Crippen LogP contribution in [0.2, 0.25) is 0 Å². The SMILES string of the molecule is CC/C=C\C/C=C\C/C=C\C/C=C\C/C=C\C/C=C\C/C=C\C/C=C\CCCCCCCCC(=O)NC(COP(=O)(O)OCC[N+](C)(C)C)C(O)/C=C/CC/C=C/CC/C=C/CCCCCCCCCCCCCCCCCCCCCC. The van der Waals surface area contributed by atoms with Crippen molar-refractivity contribution in [3.8, 4) is 0 Å². The van der Waals surface area contributed by atoms with E-state index in [2.05, 4.69) is 141 Å². The summed E-state index contributed by atoms with van der Waals surface area (Å²) in [7, 11) is 1.52. The molecule has 3 unspecified atom stereocenters. The quantitative estimate of drug-likeness (QED) is 0.0243. The predicted molar refractivity (Wildman–Crippen MR) is 364 cm³/mol. The minimum Gasteiger partial charge on any atom is -0.387 e. The Morgan fingerprint density at radius 1 is 0.422 bits per heavy atom. The van der Waals surface area contributed by atoms with E-state index >= 15 is 0 Å². The third-order valence-electron chi connectivity index (χ3n) is 14.6. The van der Waals surface area contributed by atoms with E-state index in [1.165, 1.54) is 135 Å². The molecule has 0 aliphatic rings. The summed E-state index contributed by atoms with van der Waals surface area (Å²) < 4.78 is 23.8. The number of carbonyl (C=O) groups is 1. The van der Waals surface area contributed by atoms with Gasteiger partial charge in [0, 0.05) is 6.42 Å². The largest absolute Gasteiger partial charge is 0.472 e. The van der Waals surface area contributed by atoms with Gasteiger partial charge in [0.15, 0.2) is 0 Å². The number of phosphoric acid groups is 1. The Bertz CT molecular complexity index is 1810. The number of rotatable bonds is 61. The first-order valence-electron chi connectivity index (χ1n) is 34.1. The van der Waals surface area contributed by atoms with E-state index in [-0.39, 0.29) is 19.1 Å². The summed E-state index contributed by atoms with van der Waals surface area (Å²) in [4.78, 5) is 23.4. The Morgan fingerprint density at radius 2 is 0.735 bits per heavy atom. The molecule has 3 N–H and O–H groups in total. The van der Waals surface area contributed by atoms with E-state index in [1.807, 2.05) is 27.2 Å². The summed E-state index contributed by atoms with van der Waals surface area (Å²) in [5.41, 5.74) is 0. The molecule has 0 aromatic heterocycles. The number of allylic oxidation sites excluding steroid dienone is 21.